The Kier molecular flexibility index (Phi) is 32.0. The normalized spacial score (nSPS) is 13.3. The fourth-order valence-electron chi connectivity index (χ4n) is 5.45. The van der Waals surface area contributed by atoms with E-state index in [1.54, 1.807) is 0 Å². The number of hydrogen-bond donors (Lipinski definition) is 3. The minimum absolute atomic E-state index is 0.555. The molecule has 3 heteroatoms. The molecule has 0 spiro atoms. The molecule has 0 fully saturated rings. The average Bonchev–Trinajstić information content (AvgIpc) is 2.89. The third-order valence-electron chi connectivity index (χ3n) is 8.05. The van der Waals surface area contributed by atoms with E-state index in [-0.39, 0.29) is 0 Å². The van der Waals surface area contributed by atoms with Gasteiger partial charge in [0, 0.05) is 0 Å². The highest BCUT2D eigenvalue weighted by atomic mass is 16.3. The van der Waals surface area contributed by atoms with Gasteiger partial charge in [-0.25, -0.2) is 0 Å². The molecular formula is C34H71NO2. The molecule has 0 heterocycles. The maximum atomic E-state index is 10.1. The second-order valence-electron chi connectivity index (χ2n) is 12.0. The predicted octanol–water partition coefficient (Wildman–Crippen LogP) is 11.0. The van der Waals surface area contributed by atoms with E-state index >= 15 is 0 Å². The minimum Gasteiger partial charge on any atom is -0.379 e. The van der Waals surface area contributed by atoms with Crippen molar-refractivity contribution in [2.45, 2.75) is 219 Å². The number of hydrogen-bond acceptors (Lipinski definition) is 3. The van der Waals surface area contributed by atoms with Crippen molar-refractivity contribution in [2.75, 3.05) is 0 Å². The van der Waals surface area contributed by atoms with Crippen molar-refractivity contribution in [1.29, 1.82) is 0 Å². The van der Waals surface area contributed by atoms with E-state index in [2.05, 4.69) is 19.2 Å². The summed E-state index contributed by atoms with van der Waals surface area (Å²) in [5.41, 5.74) is 0. The van der Waals surface area contributed by atoms with E-state index in [0.29, 0.717) is 0 Å². The summed E-state index contributed by atoms with van der Waals surface area (Å²) in [4.78, 5) is 0. The van der Waals surface area contributed by atoms with E-state index in [1.807, 2.05) is 0 Å². The number of aliphatic hydroxyl groups excluding tert-OH is 2. The van der Waals surface area contributed by atoms with Crippen molar-refractivity contribution < 1.29 is 10.2 Å². The molecule has 37 heavy (non-hydrogen) atoms. The van der Waals surface area contributed by atoms with Crippen molar-refractivity contribution in [2.24, 2.45) is 0 Å². The zero-order valence-corrected chi connectivity index (χ0v) is 25.8. The molecule has 0 aromatic carbocycles. The second-order valence-corrected chi connectivity index (χ2v) is 12.0. The first-order valence-corrected chi connectivity index (χ1v) is 17.3. The SMILES string of the molecule is CCCCCCCCCCCCCCCCCCCCCCCC(O)NC(O)CCCCCCCCC. The van der Waals surface area contributed by atoms with Crippen LogP contribution in [0.15, 0.2) is 0 Å². The number of aliphatic hydroxyl groups is 2. The Bertz CT molecular complexity index is 403. The molecule has 0 aliphatic carbocycles. The summed E-state index contributed by atoms with van der Waals surface area (Å²) in [7, 11) is 0. The van der Waals surface area contributed by atoms with Gasteiger partial charge in [-0.05, 0) is 25.7 Å². The number of nitrogens with one attached hydrogen (secondary N) is 1. The Morgan fingerprint density at radius 1 is 0.324 bits per heavy atom. The zero-order chi connectivity index (χ0) is 27.1. The van der Waals surface area contributed by atoms with E-state index in [9.17, 15) is 10.2 Å². The highest BCUT2D eigenvalue weighted by Crippen LogP contribution is 2.15. The van der Waals surface area contributed by atoms with Crippen LogP contribution >= 0.6 is 0 Å². The van der Waals surface area contributed by atoms with Gasteiger partial charge in [0.25, 0.3) is 0 Å². The van der Waals surface area contributed by atoms with Crippen LogP contribution in [0.4, 0.5) is 0 Å². The molecule has 224 valence electrons. The van der Waals surface area contributed by atoms with Crippen molar-refractivity contribution in [3.63, 3.8) is 0 Å². The highest BCUT2D eigenvalue weighted by Gasteiger charge is 2.09. The van der Waals surface area contributed by atoms with Gasteiger partial charge in [0.1, 0.15) is 12.5 Å². The summed E-state index contributed by atoms with van der Waals surface area (Å²) in [6.45, 7) is 4.54. The first kappa shape index (κ1) is 36.9. The molecular weight excluding hydrogens is 454 g/mol. The topological polar surface area (TPSA) is 52.5 Å². The Hall–Kier alpha value is -0.120. The van der Waals surface area contributed by atoms with Crippen LogP contribution in [0.25, 0.3) is 0 Å². The molecule has 0 radical (unpaired) electrons. The third kappa shape index (κ3) is 32.0. The van der Waals surface area contributed by atoms with Crippen LogP contribution in [0.1, 0.15) is 206 Å². The third-order valence-corrected chi connectivity index (χ3v) is 8.05. The second kappa shape index (κ2) is 32.1. The number of unbranched alkanes of at least 4 members (excludes halogenated alkanes) is 26. The van der Waals surface area contributed by atoms with Gasteiger partial charge in [-0.15, -0.1) is 0 Å². The molecule has 2 unspecified atom stereocenters. The van der Waals surface area contributed by atoms with Crippen molar-refractivity contribution >= 4 is 0 Å². The highest BCUT2D eigenvalue weighted by molar-refractivity contribution is 4.60. The van der Waals surface area contributed by atoms with Crippen LogP contribution in [0.2, 0.25) is 0 Å². The fraction of sp³-hybridized carbons (Fsp3) is 1.00. The summed E-state index contributed by atoms with van der Waals surface area (Å²) < 4.78 is 0. The van der Waals surface area contributed by atoms with Gasteiger partial charge in [0.05, 0.1) is 0 Å². The molecule has 0 saturated carbocycles. The van der Waals surface area contributed by atoms with Gasteiger partial charge in [-0.2, -0.15) is 0 Å². The number of rotatable bonds is 32. The largest absolute Gasteiger partial charge is 0.379 e. The van der Waals surface area contributed by atoms with E-state index in [0.717, 1.165) is 25.7 Å². The lowest BCUT2D eigenvalue weighted by Crippen LogP contribution is -2.38. The molecule has 0 bridgehead atoms. The quantitative estimate of drug-likeness (QED) is 0.0604. The first-order chi connectivity index (χ1) is 18.2. The van der Waals surface area contributed by atoms with E-state index in [1.165, 1.54) is 167 Å². The van der Waals surface area contributed by atoms with Crippen LogP contribution in [-0.4, -0.2) is 22.7 Å². The monoisotopic (exact) mass is 526 g/mol. The minimum atomic E-state index is -0.556. The molecule has 3 N–H and O–H groups in total. The molecule has 0 amide bonds. The van der Waals surface area contributed by atoms with E-state index in [4.69, 9.17) is 0 Å². The van der Waals surface area contributed by atoms with Gasteiger partial charge in [0.15, 0.2) is 0 Å². The smallest absolute Gasteiger partial charge is 0.106 e. The zero-order valence-electron chi connectivity index (χ0n) is 25.8. The van der Waals surface area contributed by atoms with Crippen LogP contribution in [0.5, 0.6) is 0 Å². The Labute approximate surface area is 234 Å². The maximum absolute atomic E-state index is 10.1. The Morgan fingerprint density at radius 2 is 0.514 bits per heavy atom. The summed E-state index contributed by atoms with van der Waals surface area (Å²) in [5, 5.41) is 23.1. The lowest BCUT2D eigenvalue weighted by Gasteiger charge is -2.18. The predicted molar refractivity (Wildman–Crippen MR) is 165 cm³/mol. The molecule has 0 aromatic heterocycles. The average molecular weight is 526 g/mol. The summed E-state index contributed by atoms with van der Waals surface area (Å²) >= 11 is 0. The van der Waals surface area contributed by atoms with Crippen LogP contribution in [-0.2, 0) is 0 Å². The van der Waals surface area contributed by atoms with Crippen molar-refractivity contribution in [1.82, 2.24) is 5.32 Å². The van der Waals surface area contributed by atoms with Gasteiger partial charge < -0.3 is 10.2 Å². The van der Waals surface area contributed by atoms with Crippen LogP contribution in [0.3, 0.4) is 0 Å². The fourth-order valence-corrected chi connectivity index (χ4v) is 5.45. The van der Waals surface area contributed by atoms with Crippen LogP contribution < -0.4 is 5.32 Å². The van der Waals surface area contributed by atoms with Gasteiger partial charge in [-0.1, -0.05) is 181 Å². The standard InChI is InChI=1S/C34H71NO2/c1-3-5-7-9-11-12-13-14-15-16-17-18-19-20-21-22-23-24-26-28-30-32-34(37)35-33(36)31-29-27-25-10-8-6-4-2/h33-37H,3-32H2,1-2H3. The van der Waals surface area contributed by atoms with Crippen LogP contribution in [0, 0.1) is 0 Å². The van der Waals surface area contributed by atoms with Crippen molar-refractivity contribution in [3.05, 3.63) is 0 Å². The molecule has 0 aromatic rings. The lowest BCUT2D eigenvalue weighted by atomic mass is 10.0. The molecule has 0 rings (SSSR count). The Morgan fingerprint density at radius 3 is 0.730 bits per heavy atom. The van der Waals surface area contributed by atoms with E-state index < -0.39 is 12.5 Å². The lowest BCUT2D eigenvalue weighted by molar-refractivity contribution is 0.0310. The van der Waals surface area contributed by atoms with Gasteiger partial charge in [0.2, 0.25) is 0 Å². The van der Waals surface area contributed by atoms with Gasteiger partial charge >= 0.3 is 0 Å². The molecule has 2 atom stereocenters. The molecule has 0 aliphatic rings. The molecule has 3 nitrogen and oxygen atoms in total. The molecule has 0 saturated heterocycles. The maximum Gasteiger partial charge on any atom is 0.106 e. The first-order valence-electron chi connectivity index (χ1n) is 17.3. The Balaban J connectivity index is 3.21. The summed E-state index contributed by atoms with van der Waals surface area (Å²) in [6.07, 6.45) is 38.5. The van der Waals surface area contributed by atoms with Gasteiger partial charge in [-0.3, -0.25) is 5.32 Å². The molecule has 0 aliphatic heterocycles. The van der Waals surface area contributed by atoms with Crippen molar-refractivity contribution in [3.8, 4) is 0 Å². The summed E-state index contributed by atoms with van der Waals surface area (Å²) in [6, 6.07) is 0. The summed E-state index contributed by atoms with van der Waals surface area (Å²) in [5.74, 6) is 0.